The highest BCUT2D eigenvalue weighted by Gasteiger charge is 2.15. The molecule has 3 aromatic rings. The van der Waals surface area contributed by atoms with E-state index in [1.165, 1.54) is 27.8 Å². The summed E-state index contributed by atoms with van der Waals surface area (Å²) in [6.45, 7) is 8.08. The molecule has 3 rings (SSSR count). The van der Waals surface area contributed by atoms with Crippen LogP contribution in [0, 0.1) is 13.8 Å². The van der Waals surface area contributed by atoms with Gasteiger partial charge in [-0.3, -0.25) is 0 Å². The molecule has 0 atom stereocenters. The van der Waals surface area contributed by atoms with E-state index in [9.17, 15) is 0 Å². The molecule has 1 nitrogen and oxygen atoms in total. The number of hydrogen-bond acceptors (Lipinski definition) is 1. The Kier molecular flexibility index (Phi) is 6.26. The molecular weight excluding hydrogens is 350 g/mol. The predicted octanol–water partition coefficient (Wildman–Crippen LogP) is 7.10. The fourth-order valence-electron chi connectivity index (χ4n) is 3.44. The number of benzene rings is 3. The Labute approximate surface area is 167 Å². The molecule has 0 aliphatic heterocycles. The highest BCUT2D eigenvalue weighted by molar-refractivity contribution is 6.30. The van der Waals surface area contributed by atoms with Crippen LogP contribution in [0.2, 0.25) is 0 Å². The van der Waals surface area contributed by atoms with Crippen molar-refractivity contribution in [3.63, 3.8) is 0 Å². The van der Waals surface area contributed by atoms with E-state index < -0.39 is 0 Å². The van der Waals surface area contributed by atoms with Gasteiger partial charge in [0.1, 0.15) is 5.16 Å². The molecule has 0 bridgehead atoms. The summed E-state index contributed by atoms with van der Waals surface area (Å²) in [5, 5.41) is 0.317. The summed E-state index contributed by atoms with van der Waals surface area (Å²) in [4.78, 5) is 4.63. The normalized spacial score (nSPS) is 11.4. The van der Waals surface area contributed by atoms with Gasteiger partial charge < -0.3 is 0 Å². The number of aryl methyl sites for hydroxylation is 3. The zero-order valence-electron chi connectivity index (χ0n) is 15.9. The molecule has 0 amide bonds. The third-order valence-corrected chi connectivity index (χ3v) is 4.88. The van der Waals surface area contributed by atoms with Gasteiger partial charge >= 0.3 is 0 Å². The molecule has 0 spiro atoms. The maximum atomic E-state index is 6.10. The Morgan fingerprint density at radius 2 is 1.52 bits per heavy atom. The van der Waals surface area contributed by atoms with Crippen molar-refractivity contribution in [2.75, 3.05) is 0 Å². The topological polar surface area (TPSA) is 12.4 Å². The van der Waals surface area contributed by atoms with E-state index in [1.54, 1.807) is 0 Å². The first-order chi connectivity index (χ1) is 13.1. The van der Waals surface area contributed by atoms with Crippen LogP contribution in [0.15, 0.2) is 89.5 Å². The van der Waals surface area contributed by atoms with Gasteiger partial charge in [-0.05, 0) is 54.5 Å². The molecule has 136 valence electrons. The Bertz CT molecular complexity index is 971. The Balaban J connectivity index is 2.04. The van der Waals surface area contributed by atoms with Crippen molar-refractivity contribution in [1.29, 1.82) is 0 Å². The third-order valence-electron chi connectivity index (χ3n) is 4.79. The van der Waals surface area contributed by atoms with E-state index >= 15 is 0 Å². The largest absolute Gasteiger partial charge is 0.241 e. The molecular formula is C25H24ClN. The molecule has 0 aromatic heterocycles. The van der Waals surface area contributed by atoms with Crippen LogP contribution in [0.3, 0.4) is 0 Å². The lowest BCUT2D eigenvalue weighted by Crippen LogP contribution is -2.08. The Morgan fingerprint density at radius 3 is 2.22 bits per heavy atom. The Morgan fingerprint density at radius 1 is 0.852 bits per heavy atom. The highest BCUT2D eigenvalue weighted by atomic mass is 35.5. The molecule has 0 aliphatic rings. The lowest BCUT2D eigenvalue weighted by molar-refractivity contribution is 1.02. The van der Waals surface area contributed by atoms with Gasteiger partial charge in [0.2, 0.25) is 0 Å². The van der Waals surface area contributed by atoms with Gasteiger partial charge in [-0.1, -0.05) is 91.0 Å². The van der Waals surface area contributed by atoms with Crippen molar-refractivity contribution in [3.05, 3.63) is 107 Å². The zero-order chi connectivity index (χ0) is 19.2. The predicted molar refractivity (Wildman–Crippen MR) is 118 cm³/mol. The van der Waals surface area contributed by atoms with Crippen LogP contribution < -0.4 is 0 Å². The van der Waals surface area contributed by atoms with Crippen molar-refractivity contribution in [2.24, 2.45) is 4.99 Å². The van der Waals surface area contributed by atoms with E-state index in [-0.39, 0.29) is 0 Å². The standard InChI is InChI=1S/C25H24ClN/c1-18-10-7-8-12-21(18)16-17-24(27-20(3)26)25-19(2)11-9-15-23(25)22-13-5-4-6-14-22/h4-15H,3,16-17H2,1-2H3. The van der Waals surface area contributed by atoms with Gasteiger partial charge in [-0.2, -0.15) is 0 Å². The lowest BCUT2D eigenvalue weighted by atomic mass is 9.90. The van der Waals surface area contributed by atoms with Crippen molar-refractivity contribution >= 4 is 17.3 Å². The molecule has 0 saturated carbocycles. The van der Waals surface area contributed by atoms with Crippen LogP contribution in [-0.4, -0.2) is 5.71 Å². The van der Waals surface area contributed by atoms with Crippen molar-refractivity contribution in [2.45, 2.75) is 26.7 Å². The number of halogens is 1. The van der Waals surface area contributed by atoms with Crippen LogP contribution in [0.25, 0.3) is 11.1 Å². The fraction of sp³-hybridized carbons (Fsp3) is 0.160. The number of aliphatic imine (C=N–C) groups is 1. The summed E-state index contributed by atoms with van der Waals surface area (Å²) >= 11 is 6.10. The second-order valence-corrected chi connectivity index (χ2v) is 7.16. The molecule has 27 heavy (non-hydrogen) atoms. The van der Waals surface area contributed by atoms with Crippen molar-refractivity contribution in [1.82, 2.24) is 0 Å². The van der Waals surface area contributed by atoms with Crippen molar-refractivity contribution < 1.29 is 0 Å². The maximum absolute atomic E-state index is 6.10. The highest BCUT2D eigenvalue weighted by Crippen LogP contribution is 2.29. The Hall–Kier alpha value is -2.64. The first kappa shape index (κ1) is 19.1. The summed E-state index contributed by atoms with van der Waals surface area (Å²) < 4.78 is 0. The van der Waals surface area contributed by atoms with Gasteiger partial charge in [0.15, 0.2) is 0 Å². The monoisotopic (exact) mass is 373 g/mol. The van der Waals surface area contributed by atoms with Gasteiger partial charge in [-0.15, -0.1) is 0 Å². The molecule has 0 radical (unpaired) electrons. The summed E-state index contributed by atoms with van der Waals surface area (Å²) in [5.41, 5.74) is 8.32. The van der Waals surface area contributed by atoms with Gasteiger partial charge in [-0.25, -0.2) is 4.99 Å². The molecule has 2 heteroatoms. The third kappa shape index (κ3) is 4.75. The number of hydrogen-bond donors (Lipinski definition) is 0. The molecule has 0 unspecified atom stereocenters. The van der Waals surface area contributed by atoms with Gasteiger partial charge in [0.05, 0.1) is 5.71 Å². The van der Waals surface area contributed by atoms with Gasteiger partial charge in [0.25, 0.3) is 0 Å². The second kappa shape index (κ2) is 8.83. The van der Waals surface area contributed by atoms with Crippen LogP contribution in [0.4, 0.5) is 0 Å². The zero-order valence-corrected chi connectivity index (χ0v) is 16.6. The van der Waals surface area contributed by atoms with Crippen LogP contribution in [0.5, 0.6) is 0 Å². The van der Waals surface area contributed by atoms with E-state index in [2.05, 4.69) is 92.1 Å². The van der Waals surface area contributed by atoms with E-state index in [1.807, 2.05) is 6.07 Å². The summed E-state index contributed by atoms with van der Waals surface area (Å²) in [5.74, 6) is 0. The minimum absolute atomic E-state index is 0.317. The summed E-state index contributed by atoms with van der Waals surface area (Å²) in [6.07, 6.45) is 1.72. The molecule has 0 heterocycles. The van der Waals surface area contributed by atoms with Crippen LogP contribution in [0.1, 0.15) is 28.7 Å². The van der Waals surface area contributed by atoms with E-state index in [4.69, 9.17) is 11.6 Å². The number of rotatable bonds is 6. The quantitative estimate of drug-likeness (QED) is 0.322. The lowest BCUT2D eigenvalue weighted by Gasteiger charge is -2.16. The van der Waals surface area contributed by atoms with Crippen LogP contribution >= 0.6 is 11.6 Å². The summed E-state index contributed by atoms with van der Waals surface area (Å²) in [7, 11) is 0. The minimum atomic E-state index is 0.317. The average molecular weight is 374 g/mol. The second-order valence-electron chi connectivity index (χ2n) is 6.72. The average Bonchev–Trinajstić information content (AvgIpc) is 2.66. The maximum Gasteiger partial charge on any atom is 0.122 e. The number of nitrogens with zero attached hydrogens (tertiary/aromatic N) is 1. The first-order valence-electron chi connectivity index (χ1n) is 9.18. The molecule has 0 N–H and O–H groups in total. The molecule has 0 aliphatic carbocycles. The SMILES string of the molecule is C=C(Cl)N=C(CCc1ccccc1C)c1c(C)cccc1-c1ccccc1. The fourth-order valence-corrected chi connectivity index (χ4v) is 3.54. The van der Waals surface area contributed by atoms with Crippen molar-refractivity contribution in [3.8, 4) is 11.1 Å². The smallest absolute Gasteiger partial charge is 0.122 e. The minimum Gasteiger partial charge on any atom is -0.241 e. The van der Waals surface area contributed by atoms with E-state index in [0.717, 1.165) is 24.1 Å². The molecule has 0 saturated heterocycles. The summed E-state index contributed by atoms with van der Waals surface area (Å²) in [6, 6.07) is 25.3. The molecule has 0 fully saturated rings. The van der Waals surface area contributed by atoms with Gasteiger partial charge in [0, 0.05) is 5.56 Å². The van der Waals surface area contributed by atoms with Crippen LogP contribution in [-0.2, 0) is 6.42 Å². The van der Waals surface area contributed by atoms with E-state index in [0.29, 0.717) is 5.16 Å². The first-order valence-corrected chi connectivity index (χ1v) is 9.56. The molecule has 3 aromatic carbocycles.